The molecule has 2 N–H and O–H groups in total. The average molecular weight is 433 g/mol. The number of aromatic amines is 1. The van der Waals surface area contributed by atoms with Crippen molar-refractivity contribution >= 4 is 45.7 Å². The third-order valence-corrected chi connectivity index (χ3v) is 5.87. The molecule has 29 heavy (non-hydrogen) atoms. The number of hydrogen-bond donors (Lipinski definition) is 2. The molecule has 1 fully saturated rings. The summed E-state index contributed by atoms with van der Waals surface area (Å²) < 4.78 is 5.49. The lowest BCUT2D eigenvalue weighted by Crippen LogP contribution is -2.38. The molecule has 2 aromatic heterocycles. The van der Waals surface area contributed by atoms with Gasteiger partial charge in [-0.2, -0.15) is 0 Å². The van der Waals surface area contributed by atoms with Crippen molar-refractivity contribution in [2.24, 2.45) is 0 Å². The van der Waals surface area contributed by atoms with Gasteiger partial charge < -0.3 is 15.0 Å². The molecule has 8 heteroatoms. The van der Waals surface area contributed by atoms with Crippen molar-refractivity contribution in [1.29, 1.82) is 0 Å². The van der Waals surface area contributed by atoms with Crippen LogP contribution in [0.2, 0.25) is 10.0 Å². The molecular weight excluding hydrogens is 411 g/mol. The van der Waals surface area contributed by atoms with Crippen LogP contribution in [-0.2, 0) is 4.74 Å². The molecule has 3 aromatic rings. The van der Waals surface area contributed by atoms with Crippen LogP contribution in [0.25, 0.3) is 10.9 Å². The summed E-state index contributed by atoms with van der Waals surface area (Å²) in [5.41, 5.74) is 3.05. The SMILES string of the molecule is CCC(c1c[nH]c2cc(C(=O)Nc3c(Cl)cncc3Cl)ccc12)N1CCOCC1. The molecule has 1 atom stereocenters. The number of morpholine rings is 1. The molecule has 1 unspecified atom stereocenters. The number of carbonyl (C=O) groups excluding carboxylic acids is 1. The van der Waals surface area contributed by atoms with Gasteiger partial charge in [-0.1, -0.05) is 36.2 Å². The van der Waals surface area contributed by atoms with E-state index in [1.165, 1.54) is 18.0 Å². The minimum atomic E-state index is -0.279. The van der Waals surface area contributed by atoms with Crippen molar-refractivity contribution in [2.75, 3.05) is 31.6 Å². The van der Waals surface area contributed by atoms with Gasteiger partial charge in [0.2, 0.25) is 0 Å². The number of nitrogens with one attached hydrogen (secondary N) is 2. The molecule has 6 nitrogen and oxygen atoms in total. The van der Waals surface area contributed by atoms with Crippen LogP contribution in [0.4, 0.5) is 5.69 Å². The lowest BCUT2D eigenvalue weighted by Gasteiger charge is -2.34. The first-order valence-electron chi connectivity index (χ1n) is 9.61. The Labute approximate surface area is 179 Å². The number of H-pyrrole nitrogens is 1. The van der Waals surface area contributed by atoms with E-state index >= 15 is 0 Å². The normalized spacial score (nSPS) is 16.1. The van der Waals surface area contributed by atoms with E-state index < -0.39 is 0 Å². The summed E-state index contributed by atoms with van der Waals surface area (Å²) in [4.78, 5) is 22.4. The highest BCUT2D eigenvalue weighted by Crippen LogP contribution is 2.32. The van der Waals surface area contributed by atoms with Crippen LogP contribution >= 0.6 is 23.2 Å². The van der Waals surface area contributed by atoms with Gasteiger partial charge >= 0.3 is 0 Å². The lowest BCUT2D eigenvalue weighted by molar-refractivity contribution is 0.0155. The first-order chi connectivity index (χ1) is 14.1. The highest BCUT2D eigenvalue weighted by atomic mass is 35.5. The van der Waals surface area contributed by atoms with Crippen molar-refractivity contribution in [3.05, 3.63) is 58.0 Å². The fourth-order valence-electron chi connectivity index (χ4n) is 3.85. The van der Waals surface area contributed by atoms with E-state index in [-0.39, 0.29) is 5.91 Å². The maximum Gasteiger partial charge on any atom is 0.255 e. The van der Waals surface area contributed by atoms with Gasteiger partial charge in [-0.25, -0.2) is 0 Å². The number of halogens is 2. The molecule has 0 aliphatic carbocycles. The first kappa shape index (κ1) is 20.2. The van der Waals surface area contributed by atoms with Crippen molar-refractivity contribution in [1.82, 2.24) is 14.9 Å². The summed E-state index contributed by atoms with van der Waals surface area (Å²) in [5, 5.41) is 4.49. The largest absolute Gasteiger partial charge is 0.379 e. The number of rotatable bonds is 5. The number of hydrogen-bond acceptors (Lipinski definition) is 4. The predicted octanol–water partition coefficient (Wildman–Crippen LogP) is 4.91. The Morgan fingerprint density at radius 2 is 2.00 bits per heavy atom. The Morgan fingerprint density at radius 1 is 1.28 bits per heavy atom. The van der Waals surface area contributed by atoms with E-state index in [1.54, 1.807) is 0 Å². The van der Waals surface area contributed by atoms with Crippen LogP contribution in [0.3, 0.4) is 0 Å². The molecular formula is C21H22Cl2N4O2. The molecule has 0 bridgehead atoms. The van der Waals surface area contributed by atoms with Gasteiger partial charge in [-0.15, -0.1) is 0 Å². The van der Waals surface area contributed by atoms with Gasteiger partial charge in [-0.05, 0) is 24.1 Å². The number of carbonyl (C=O) groups is 1. The Balaban J connectivity index is 1.60. The minimum Gasteiger partial charge on any atom is -0.379 e. The van der Waals surface area contributed by atoms with Crippen LogP contribution in [0.15, 0.2) is 36.8 Å². The third kappa shape index (κ3) is 4.12. The van der Waals surface area contributed by atoms with E-state index in [1.807, 2.05) is 24.4 Å². The second-order valence-electron chi connectivity index (χ2n) is 7.01. The number of amides is 1. The summed E-state index contributed by atoms with van der Waals surface area (Å²) in [5.74, 6) is -0.279. The van der Waals surface area contributed by atoms with E-state index in [9.17, 15) is 4.79 Å². The highest BCUT2D eigenvalue weighted by Gasteiger charge is 2.23. The average Bonchev–Trinajstić information content (AvgIpc) is 3.15. The number of benzene rings is 1. The van der Waals surface area contributed by atoms with Crippen molar-refractivity contribution < 1.29 is 9.53 Å². The minimum absolute atomic E-state index is 0.279. The topological polar surface area (TPSA) is 70.2 Å². The monoisotopic (exact) mass is 432 g/mol. The number of ether oxygens (including phenoxy) is 1. The Hall–Kier alpha value is -2.12. The molecule has 0 saturated carbocycles. The van der Waals surface area contributed by atoms with Gasteiger partial charge in [0.25, 0.3) is 5.91 Å². The zero-order valence-electron chi connectivity index (χ0n) is 16.0. The standard InChI is InChI=1S/C21H22Cl2N4O2/c1-2-19(27-5-7-29-8-6-27)15-10-25-18-9-13(3-4-14(15)18)21(28)26-20-16(22)11-24-12-17(20)23/h3-4,9-12,19,25H,2,5-8H2,1H3,(H,24,26,28). The molecule has 152 valence electrons. The first-order valence-corrected chi connectivity index (χ1v) is 10.4. The molecule has 3 heterocycles. The summed E-state index contributed by atoms with van der Waals surface area (Å²) in [7, 11) is 0. The summed E-state index contributed by atoms with van der Waals surface area (Å²) in [6.07, 6.45) is 5.95. The van der Waals surface area contributed by atoms with E-state index in [2.05, 4.69) is 27.1 Å². The number of fused-ring (bicyclic) bond motifs is 1. The van der Waals surface area contributed by atoms with Crippen LogP contribution < -0.4 is 5.32 Å². The Bertz CT molecular complexity index is 1010. The Kier molecular flexibility index (Phi) is 6.06. The molecule has 4 rings (SSSR count). The van der Waals surface area contributed by atoms with E-state index in [4.69, 9.17) is 27.9 Å². The second-order valence-corrected chi connectivity index (χ2v) is 7.82. The zero-order chi connectivity index (χ0) is 20.4. The number of nitrogens with zero attached hydrogens (tertiary/aromatic N) is 2. The summed E-state index contributed by atoms with van der Waals surface area (Å²) in [6, 6.07) is 5.99. The van der Waals surface area contributed by atoms with Crippen molar-refractivity contribution in [3.8, 4) is 0 Å². The lowest BCUT2D eigenvalue weighted by atomic mass is 10.0. The molecule has 1 saturated heterocycles. The quantitative estimate of drug-likeness (QED) is 0.600. The number of anilines is 1. The third-order valence-electron chi connectivity index (χ3n) is 5.30. The molecule has 1 aliphatic rings. The van der Waals surface area contributed by atoms with Crippen molar-refractivity contribution in [3.63, 3.8) is 0 Å². The van der Waals surface area contributed by atoms with Crippen LogP contribution in [0.1, 0.15) is 35.3 Å². The fraction of sp³-hybridized carbons (Fsp3) is 0.333. The van der Waals surface area contributed by atoms with Crippen LogP contribution in [-0.4, -0.2) is 47.1 Å². The second kappa shape index (κ2) is 8.71. The highest BCUT2D eigenvalue weighted by molar-refractivity contribution is 6.39. The van der Waals surface area contributed by atoms with E-state index in [0.717, 1.165) is 43.6 Å². The van der Waals surface area contributed by atoms with Gasteiger partial charge in [0, 0.05) is 54.2 Å². The van der Waals surface area contributed by atoms with Gasteiger partial charge in [0.05, 0.1) is 28.9 Å². The van der Waals surface area contributed by atoms with E-state index in [0.29, 0.717) is 27.3 Å². The zero-order valence-corrected chi connectivity index (χ0v) is 17.6. The maximum absolute atomic E-state index is 12.7. The smallest absolute Gasteiger partial charge is 0.255 e. The molecule has 1 aliphatic heterocycles. The van der Waals surface area contributed by atoms with Gasteiger partial charge in [0.15, 0.2) is 0 Å². The van der Waals surface area contributed by atoms with Crippen molar-refractivity contribution in [2.45, 2.75) is 19.4 Å². The molecule has 1 aromatic carbocycles. The Morgan fingerprint density at radius 3 is 2.69 bits per heavy atom. The summed E-state index contributed by atoms with van der Waals surface area (Å²) in [6.45, 7) is 5.59. The number of pyridine rings is 1. The van der Waals surface area contributed by atoms with Crippen LogP contribution in [0.5, 0.6) is 0 Å². The van der Waals surface area contributed by atoms with Crippen LogP contribution in [0, 0.1) is 0 Å². The molecule has 0 radical (unpaired) electrons. The fourth-order valence-corrected chi connectivity index (χ4v) is 4.31. The number of aromatic nitrogens is 2. The molecule has 0 spiro atoms. The maximum atomic E-state index is 12.7. The summed E-state index contributed by atoms with van der Waals surface area (Å²) >= 11 is 12.2. The van der Waals surface area contributed by atoms with Gasteiger partial charge in [0.1, 0.15) is 0 Å². The van der Waals surface area contributed by atoms with Gasteiger partial charge in [-0.3, -0.25) is 14.7 Å². The molecule has 1 amide bonds. The predicted molar refractivity (Wildman–Crippen MR) is 116 cm³/mol.